The molecule has 0 aromatic heterocycles. The van der Waals surface area contributed by atoms with Crippen molar-refractivity contribution in [2.75, 3.05) is 7.11 Å². The van der Waals surface area contributed by atoms with Crippen LogP contribution in [0, 0.1) is 11.6 Å². The highest BCUT2D eigenvalue weighted by atomic mass is 32.2. The molecule has 0 aliphatic carbocycles. The largest absolute Gasteiger partial charge is 0.496 e. The molecule has 0 amide bonds. The van der Waals surface area contributed by atoms with E-state index in [1.165, 1.54) is 24.9 Å². The Hall–Kier alpha value is -1.59. The molecule has 20 heavy (non-hydrogen) atoms. The summed E-state index contributed by atoms with van der Waals surface area (Å²) in [5, 5.41) is 9.87. The van der Waals surface area contributed by atoms with Crippen molar-refractivity contribution in [2.24, 2.45) is 0 Å². The molecule has 5 heteroatoms. The molecule has 0 saturated heterocycles. The molecule has 1 N–H and O–H groups in total. The molecule has 0 fully saturated rings. The van der Waals surface area contributed by atoms with Crippen molar-refractivity contribution in [3.05, 3.63) is 53.6 Å². The standard InChI is InChI=1S/C15H14F2O2S/c1-9(18)15-13(19-2)4-3-5-14(15)20-10-6-7-11(16)12(17)8-10/h3-9,18H,1-2H3/t9-/m1/s1. The molecule has 2 rings (SSSR count). The summed E-state index contributed by atoms with van der Waals surface area (Å²) in [6.45, 7) is 1.63. The Morgan fingerprint density at radius 2 is 1.90 bits per heavy atom. The van der Waals surface area contributed by atoms with Crippen LogP contribution in [0.3, 0.4) is 0 Å². The van der Waals surface area contributed by atoms with Gasteiger partial charge in [-0.3, -0.25) is 0 Å². The van der Waals surface area contributed by atoms with Crippen molar-refractivity contribution in [1.29, 1.82) is 0 Å². The molecule has 0 spiro atoms. The second kappa shape index (κ2) is 6.24. The van der Waals surface area contributed by atoms with E-state index in [1.807, 2.05) is 0 Å². The highest BCUT2D eigenvalue weighted by molar-refractivity contribution is 7.99. The van der Waals surface area contributed by atoms with Crippen LogP contribution >= 0.6 is 11.8 Å². The zero-order valence-corrected chi connectivity index (χ0v) is 11.9. The summed E-state index contributed by atoms with van der Waals surface area (Å²) >= 11 is 1.25. The van der Waals surface area contributed by atoms with E-state index in [0.29, 0.717) is 16.2 Å². The molecular weight excluding hydrogens is 282 g/mol. The lowest BCUT2D eigenvalue weighted by molar-refractivity contribution is 0.191. The van der Waals surface area contributed by atoms with Gasteiger partial charge in [-0.15, -0.1) is 0 Å². The molecule has 2 nitrogen and oxygen atoms in total. The van der Waals surface area contributed by atoms with Crippen LogP contribution in [0.4, 0.5) is 8.78 Å². The first kappa shape index (κ1) is 14.8. The first-order chi connectivity index (χ1) is 9.52. The smallest absolute Gasteiger partial charge is 0.159 e. The van der Waals surface area contributed by atoms with Gasteiger partial charge in [0.1, 0.15) is 5.75 Å². The minimum atomic E-state index is -0.892. The topological polar surface area (TPSA) is 29.5 Å². The van der Waals surface area contributed by atoms with Crippen LogP contribution < -0.4 is 4.74 Å². The van der Waals surface area contributed by atoms with E-state index < -0.39 is 17.7 Å². The minimum absolute atomic E-state index is 0.555. The molecule has 0 radical (unpaired) electrons. The number of ether oxygens (including phenoxy) is 1. The number of aliphatic hydroxyl groups is 1. The second-order valence-corrected chi connectivity index (χ2v) is 5.34. The maximum atomic E-state index is 13.2. The average Bonchev–Trinajstić information content (AvgIpc) is 2.42. The lowest BCUT2D eigenvalue weighted by Gasteiger charge is -2.15. The number of hydrogen-bond donors (Lipinski definition) is 1. The molecule has 0 aliphatic rings. The van der Waals surface area contributed by atoms with E-state index in [4.69, 9.17) is 4.74 Å². The maximum absolute atomic E-state index is 13.2. The van der Waals surface area contributed by atoms with Gasteiger partial charge in [0.25, 0.3) is 0 Å². The van der Waals surface area contributed by atoms with E-state index in [0.717, 1.165) is 17.0 Å². The van der Waals surface area contributed by atoms with E-state index in [2.05, 4.69) is 0 Å². The third kappa shape index (κ3) is 3.11. The Morgan fingerprint density at radius 1 is 1.15 bits per heavy atom. The molecular formula is C15H14F2O2S. The van der Waals surface area contributed by atoms with Gasteiger partial charge in [0.15, 0.2) is 11.6 Å². The molecule has 0 aliphatic heterocycles. The average molecular weight is 296 g/mol. The lowest BCUT2D eigenvalue weighted by atomic mass is 10.1. The number of hydrogen-bond acceptors (Lipinski definition) is 3. The first-order valence-electron chi connectivity index (χ1n) is 6.00. The zero-order valence-electron chi connectivity index (χ0n) is 11.1. The number of rotatable bonds is 4. The molecule has 0 unspecified atom stereocenters. The van der Waals surface area contributed by atoms with Crippen LogP contribution in [0.25, 0.3) is 0 Å². The van der Waals surface area contributed by atoms with Gasteiger partial charge in [-0.25, -0.2) is 8.78 Å². The third-order valence-corrected chi connectivity index (χ3v) is 3.85. The van der Waals surface area contributed by atoms with Crippen molar-refractivity contribution in [1.82, 2.24) is 0 Å². The highest BCUT2D eigenvalue weighted by Gasteiger charge is 2.15. The van der Waals surface area contributed by atoms with Gasteiger partial charge >= 0.3 is 0 Å². The summed E-state index contributed by atoms with van der Waals surface area (Å²) in [4.78, 5) is 1.30. The number of methoxy groups -OCH3 is 1. The Balaban J connectivity index is 2.40. The second-order valence-electron chi connectivity index (χ2n) is 4.23. The molecule has 0 saturated carbocycles. The SMILES string of the molecule is COc1cccc(Sc2ccc(F)c(F)c2)c1[C@@H](C)O. The van der Waals surface area contributed by atoms with Crippen molar-refractivity contribution < 1.29 is 18.6 Å². The van der Waals surface area contributed by atoms with Gasteiger partial charge in [-0.2, -0.15) is 0 Å². The molecule has 0 heterocycles. The van der Waals surface area contributed by atoms with Crippen LogP contribution in [0.1, 0.15) is 18.6 Å². The summed E-state index contributed by atoms with van der Waals surface area (Å²) in [5.41, 5.74) is 0.629. The predicted molar refractivity (Wildman–Crippen MR) is 74.1 cm³/mol. The number of aliphatic hydroxyl groups excluding tert-OH is 1. The van der Waals surface area contributed by atoms with Crippen LogP contribution in [0.5, 0.6) is 5.75 Å². The van der Waals surface area contributed by atoms with Gasteiger partial charge < -0.3 is 9.84 Å². The molecule has 0 bridgehead atoms. The summed E-state index contributed by atoms with van der Waals surface area (Å²) in [6.07, 6.45) is -0.723. The number of benzene rings is 2. The summed E-state index contributed by atoms with van der Waals surface area (Å²) < 4.78 is 31.4. The quantitative estimate of drug-likeness (QED) is 0.918. The van der Waals surface area contributed by atoms with Gasteiger partial charge in [0.2, 0.25) is 0 Å². The van der Waals surface area contributed by atoms with Gasteiger partial charge in [0, 0.05) is 15.4 Å². The third-order valence-electron chi connectivity index (χ3n) is 2.78. The normalized spacial score (nSPS) is 12.2. The number of halogens is 2. The Kier molecular flexibility index (Phi) is 4.62. The summed E-state index contributed by atoms with van der Waals surface area (Å²) in [5.74, 6) is -1.21. The summed E-state index contributed by atoms with van der Waals surface area (Å²) in [6, 6.07) is 9.04. The summed E-state index contributed by atoms with van der Waals surface area (Å²) in [7, 11) is 1.52. The predicted octanol–water partition coefficient (Wildman–Crippen LogP) is 4.18. The van der Waals surface area contributed by atoms with Crippen LogP contribution in [-0.4, -0.2) is 12.2 Å². The highest BCUT2D eigenvalue weighted by Crippen LogP contribution is 2.38. The molecule has 106 valence electrons. The van der Waals surface area contributed by atoms with Gasteiger partial charge in [0.05, 0.1) is 13.2 Å². The van der Waals surface area contributed by atoms with Crippen molar-refractivity contribution in [3.63, 3.8) is 0 Å². The molecule has 1 atom stereocenters. The Labute approximate surface area is 120 Å². The van der Waals surface area contributed by atoms with E-state index >= 15 is 0 Å². The van der Waals surface area contributed by atoms with E-state index in [1.54, 1.807) is 25.1 Å². The van der Waals surface area contributed by atoms with Gasteiger partial charge in [-0.05, 0) is 37.3 Å². The monoisotopic (exact) mass is 296 g/mol. The van der Waals surface area contributed by atoms with Crippen molar-refractivity contribution in [3.8, 4) is 5.75 Å². The molecule has 2 aromatic carbocycles. The fraction of sp³-hybridized carbons (Fsp3) is 0.200. The van der Waals surface area contributed by atoms with E-state index in [-0.39, 0.29) is 0 Å². The zero-order chi connectivity index (χ0) is 14.7. The van der Waals surface area contributed by atoms with Crippen LogP contribution in [-0.2, 0) is 0 Å². The fourth-order valence-corrected chi connectivity index (χ4v) is 2.95. The van der Waals surface area contributed by atoms with Crippen molar-refractivity contribution >= 4 is 11.8 Å². The van der Waals surface area contributed by atoms with Crippen LogP contribution in [0.2, 0.25) is 0 Å². The van der Waals surface area contributed by atoms with E-state index in [9.17, 15) is 13.9 Å². The maximum Gasteiger partial charge on any atom is 0.159 e. The minimum Gasteiger partial charge on any atom is -0.496 e. The van der Waals surface area contributed by atoms with Crippen molar-refractivity contribution in [2.45, 2.75) is 22.8 Å². The lowest BCUT2D eigenvalue weighted by Crippen LogP contribution is -1.98. The van der Waals surface area contributed by atoms with Gasteiger partial charge in [-0.1, -0.05) is 17.8 Å². The Bertz CT molecular complexity index is 615. The first-order valence-corrected chi connectivity index (χ1v) is 6.82. The fourth-order valence-electron chi connectivity index (χ4n) is 1.87. The Morgan fingerprint density at radius 3 is 2.50 bits per heavy atom. The van der Waals surface area contributed by atoms with Crippen LogP contribution in [0.15, 0.2) is 46.2 Å². The molecule has 2 aromatic rings.